The van der Waals surface area contributed by atoms with E-state index >= 15 is 0 Å². The van der Waals surface area contributed by atoms with Crippen LogP contribution in [-0.2, 0) is 11.3 Å². The smallest absolute Gasteiger partial charge is 0.279 e. The lowest BCUT2D eigenvalue weighted by Gasteiger charge is -2.39. The van der Waals surface area contributed by atoms with E-state index in [-0.39, 0.29) is 18.7 Å². The molecule has 1 aliphatic heterocycles. The van der Waals surface area contributed by atoms with Gasteiger partial charge in [0.25, 0.3) is 11.5 Å². The average Bonchev–Trinajstić information content (AvgIpc) is 3.06. The molecule has 0 unspecified atom stereocenters. The summed E-state index contributed by atoms with van der Waals surface area (Å²) in [6.45, 7) is 3.58. The molecule has 1 saturated carbocycles. The summed E-state index contributed by atoms with van der Waals surface area (Å²) < 4.78 is 33.3. The molecule has 2 fully saturated rings. The third-order valence-electron chi connectivity index (χ3n) is 8.20. The zero-order valence-electron chi connectivity index (χ0n) is 24.6. The molecule has 1 amide bonds. The minimum Gasteiger partial charge on any atom is -0.379 e. The van der Waals surface area contributed by atoms with E-state index in [4.69, 9.17) is 9.72 Å². The Bertz CT molecular complexity index is 1810. The van der Waals surface area contributed by atoms with Gasteiger partial charge in [-0.3, -0.25) is 19.5 Å². The molecule has 4 aromatic rings. The van der Waals surface area contributed by atoms with Gasteiger partial charge in [0.2, 0.25) is 0 Å². The van der Waals surface area contributed by atoms with E-state index in [0.717, 1.165) is 85.7 Å². The average molecular weight is 614 g/mol. The molecule has 12 heteroatoms. The van der Waals surface area contributed by atoms with Crippen LogP contribution in [0.25, 0.3) is 11.0 Å². The highest BCUT2D eigenvalue weighted by atomic mass is 19.2. The molecular weight excluding hydrogens is 580 g/mol. The first-order chi connectivity index (χ1) is 21.9. The highest BCUT2D eigenvalue weighted by molar-refractivity contribution is 5.93. The molecule has 2 aromatic heterocycles. The highest BCUT2D eigenvalue weighted by Gasteiger charge is 2.27. The van der Waals surface area contributed by atoms with Crippen LogP contribution in [0.15, 0.2) is 59.7 Å². The molecule has 10 nitrogen and oxygen atoms in total. The lowest BCUT2D eigenvalue weighted by molar-refractivity contribution is 0.00790. The van der Waals surface area contributed by atoms with E-state index in [0.29, 0.717) is 23.2 Å². The van der Waals surface area contributed by atoms with Crippen LogP contribution in [0.1, 0.15) is 47.2 Å². The fraction of sp³-hybridized carbons (Fsp3) is 0.364. The lowest BCUT2D eigenvalue weighted by atomic mass is 9.90. The van der Waals surface area contributed by atoms with Crippen LogP contribution in [0.2, 0.25) is 0 Å². The number of fused-ring (bicyclic) bond motifs is 1. The summed E-state index contributed by atoms with van der Waals surface area (Å²) in [5.74, 6) is 4.03. The van der Waals surface area contributed by atoms with Crippen molar-refractivity contribution in [3.63, 3.8) is 0 Å². The van der Waals surface area contributed by atoms with E-state index in [1.165, 1.54) is 18.3 Å². The number of aromatic nitrogens is 4. The van der Waals surface area contributed by atoms with Gasteiger partial charge in [-0.25, -0.2) is 18.4 Å². The molecule has 0 bridgehead atoms. The summed E-state index contributed by atoms with van der Waals surface area (Å²) in [7, 11) is 0. The quantitative estimate of drug-likeness (QED) is 0.305. The molecular formula is C33H33F2N7O3. The third-order valence-corrected chi connectivity index (χ3v) is 8.20. The Morgan fingerprint density at radius 1 is 1.00 bits per heavy atom. The topological polar surface area (TPSA) is 114 Å². The van der Waals surface area contributed by atoms with Crippen LogP contribution in [0.5, 0.6) is 0 Å². The van der Waals surface area contributed by atoms with Crippen LogP contribution in [-0.4, -0.2) is 75.5 Å². The van der Waals surface area contributed by atoms with Gasteiger partial charge in [-0.1, -0.05) is 17.9 Å². The van der Waals surface area contributed by atoms with Crippen LogP contribution in [0.3, 0.4) is 0 Å². The summed E-state index contributed by atoms with van der Waals surface area (Å²) in [5, 5.41) is 10.1. The van der Waals surface area contributed by atoms with E-state index < -0.39 is 23.1 Å². The standard InChI is InChI=1S/C33H33F2N7O3/c34-27-9-3-23(18-28(27)35)21-42-33(44)26(11-13-38-42)32(43)36-12-1-2-22-4-10-29-30(19-22)40-31(20-37-29)39-24-5-7-25(8-6-24)41-14-16-45-17-15-41/h3-4,9-11,13,18-20,24-25H,5-8,12,14-17,21H2,(H,36,43)(H,39,40)/t24-,25-. The molecule has 2 aliphatic rings. The number of benzene rings is 2. The monoisotopic (exact) mass is 613 g/mol. The van der Waals surface area contributed by atoms with Crippen LogP contribution in [0, 0.1) is 23.5 Å². The Kier molecular flexibility index (Phi) is 9.38. The van der Waals surface area contributed by atoms with Crippen molar-refractivity contribution in [3.05, 3.63) is 93.5 Å². The summed E-state index contributed by atoms with van der Waals surface area (Å²) in [6.07, 6.45) is 7.55. The van der Waals surface area contributed by atoms with Gasteiger partial charge in [0, 0.05) is 36.9 Å². The van der Waals surface area contributed by atoms with E-state index in [2.05, 4.69) is 37.5 Å². The van der Waals surface area contributed by atoms with Crippen molar-refractivity contribution in [2.24, 2.45) is 0 Å². The van der Waals surface area contributed by atoms with Crippen molar-refractivity contribution in [2.45, 2.75) is 44.3 Å². The number of carbonyl (C=O) groups is 1. The summed E-state index contributed by atoms with van der Waals surface area (Å²) in [6, 6.07) is 11.2. The second-order valence-electron chi connectivity index (χ2n) is 11.2. The normalized spacial score (nSPS) is 18.6. The number of rotatable bonds is 7. The first kappa shape index (κ1) is 30.3. The van der Waals surface area contributed by atoms with Crippen molar-refractivity contribution in [1.82, 2.24) is 30.0 Å². The second-order valence-corrected chi connectivity index (χ2v) is 11.2. The predicted octanol–water partition coefficient (Wildman–Crippen LogP) is 3.35. The van der Waals surface area contributed by atoms with Gasteiger partial charge in [-0.05, 0) is 67.6 Å². The van der Waals surface area contributed by atoms with Gasteiger partial charge >= 0.3 is 0 Å². The molecule has 6 rings (SSSR count). The molecule has 3 heterocycles. The Morgan fingerprint density at radius 3 is 2.62 bits per heavy atom. The van der Waals surface area contributed by atoms with Gasteiger partial charge < -0.3 is 15.4 Å². The number of hydrogen-bond donors (Lipinski definition) is 2. The molecule has 45 heavy (non-hydrogen) atoms. The van der Waals surface area contributed by atoms with Crippen LogP contribution in [0.4, 0.5) is 14.6 Å². The number of hydrogen-bond acceptors (Lipinski definition) is 8. The van der Waals surface area contributed by atoms with Crippen molar-refractivity contribution >= 4 is 22.8 Å². The molecule has 1 aliphatic carbocycles. The third kappa shape index (κ3) is 7.50. The predicted molar refractivity (Wildman–Crippen MR) is 165 cm³/mol. The van der Waals surface area contributed by atoms with Gasteiger partial charge in [-0.2, -0.15) is 5.10 Å². The Labute approximate surface area is 258 Å². The largest absolute Gasteiger partial charge is 0.379 e. The van der Waals surface area contributed by atoms with Gasteiger partial charge in [0.1, 0.15) is 11.4 Å². The second kappa shape index (κ2) is 13.9. The van der Waals surface area contributed by atoms with Crippen LogP contribution < -0.4 is 16.2 Å². The van der Waals surface area contributed by atoms with Crippen molar-refractivity contribution in [1.29, 1.82) is 0 Å². The van der Waals surface area contributed by atoms with E-state index in [1.807, 2.05) is 18.2 Å². The minimum absolute atomic E-state index is 0.00219. The number of morpholine rings is 1. The summed E-state index contributed by atoms with van der Waals surface area (Å²) in [4.78, 5) is 37.4. The van der Waals surface area contributed by atoms with Crippen LogP contribution >= 0.6 is 0 Å². The maximum atomic E-state index is 13.6. The number of nitrogens with zero attached hydrogens (tertiary/aromatic N) is 5. The molecule has 0 radical (unpaired) electrons. The van der Waals surface area contributed by atoms with Crippen molar-refractivity contribution < 1.29 is 18.3 Å². The van der Waals surface area contributed by atoms with Crippen molar-refractivity contribution in [2.75, 3.05) is 38.2 Å². The minimum atomic E-state index is -1.03. The highest BCUT2D eigenvalue weighted by Crippen LogP contribution is 2.26. The Hall–Kier alpha value is -4.73. The summed E-state index contributed by atoms with van der Waals surface area (Å²) in [5.41, 5.74) is 1.73. The fourth-order valence-corrected chi connectivity index (χ4v) is 5.81. The number of ether oxygens (including phenoxy) is 1. The zero-order valence-corrected chi connectivity index (χ0v) is 24.6. The Morgan fingerprint density at radius 2 is 1.82 bits per heavy atom. The number of amides is 1. The molecule has 2 aromatic carbocycles. The number of carbonyl (C=O) groups excluding carboxylic acids is 1. The van der Waals surface area contributed by atoms with Gasteiger partial charge in [0.05, 0.1) is 43.5 Å². The Balaban J connectivity index is 1.04. The van der Waals surface area contributed by atoms with E-state index in [9.17, 15) is 18.4 Å². The van der Waals surface area contributed by atoms with Gasteiger partial charge in [0.15, 0.2) is 11.6 Å². The maximum absolute atomic E-state index is 13.6. The number of halogens is 2. The molecule has 2 N–H and O–H groups in total. The first-order valence-electron chi connectivity index (χ1n) is 15.1. The first-order valence-corrected chi connectivity index (χ1v) is 15.1. The fourth-order valence-electron chi connectivity index (χ4n) is 5.81. The summed E-state index contributed by atoms with van der Waals surface area (Å²) >= 11 is 0. The SMILES string of the molecule is O=C(NCC#Cc1ccc2ncc(N[C@H]3CC[C@H](N4CCOCC4)CC3)nc2c1)c1ccnn(Cc2ccc(F)c(F)c2)c1=O. The van der Waals surface area contributed by atoms with Crippen molar-refractivity contribution in [3.8, 4) is 11.8 Å². The van der Waals surface area contributed by atoms with E-state index in [1.54, 1.807) is 6.20 Å². The lowest BCUT2D eigenvalue weighted by Crippen LogP contribution is -2.46. The molecule has 1 saturated heterocycles. The number of anilines is 1. The molecule has 0 atom stereocenters. The molecule has 232 valence electrons. The number of nitrogens with one attached hydrogen (secondary N) is 2. The van der Waals surface area contributed by atoms with Gasteiger partial charge in [-0.15, -0.1) is 0 Å². The maximum Gasteiger partial charge on any atom is 0.279 e. The molecule has 0 spiro atoms. The zero-order chi connectivity index (χ0) is 31.2.